The van der Waals surface area contributed by atoms with Gasteiger partial charge in [0.05, 0.1) is 0 Å². The van der Waals surface area contributed by atoms with Crippen LogP contribution < -0.4 is 0 Å². The van der Waals surface area contributed by atoms with Gasteiger partial charge in [0.1, 0.15) is 10.7 Å². The Balaban J connectivity index is 2.11. The van der Waals surface area contributed by atoms with Gasteiger partial charge in [0, 0.05) is 24.1 Å². The summed E-state index contributed by atoms with van der Waals surface area (Å²) in [6.07, 6.45) is 1.63. The Morgan fingerprint density at radius 1 is 1.33 bits per heavy atom. The standard InChI is InChI=1S/C14H20BrFN2O2S/c1-17(2)10-11-5-7-18(8-6-11)21(19,20)14-4-3-12(15)9-13(14)16/h3-4,9,11H,5-8,10H2,1-2H3. The molecule has 0 spiro atoms. The third-order valence-corrected chi connectivity index (χ3v) is 6.13. The van der Waals surface area contributed by atoms with Crippen molar-refractivity contribution in [2.75, 3.05) is 33.7 Å². The van der Waals surface area contributed by atoms with Gasteiger partial charge in [-0.05, 0) is 51.1 Å². The average molecular weight is 379 g/mol. The Morgan fingerprint density at radius 3 is 2.48 bits per heavy atom. The number of piperidine rings is 1. The number of benzene rings is 1. The van der Waals surface area contributed by atoms with E-state index in [1.807, 2.05) is 14.1 Å². The Hall–Kier alpha value is -0.500. The van der Waals surface area contributed by atoms with Crippen LogP contribution >= 0.6 is 15.9 Å². The zero-order valence-corrected chi connectivity index (χ0v) is 14.6. The van der Waals surface area contributed by atoms with Crippen LogP contribution in [0.1, 0.15) is 12.8 Å². The smallest absolute Gasteiger partial charge is 0.245 e. The summed E-state index contributed by atoms with van der Waals surface area (Å²) in [5.74, 6) is -0.207. The Labute approximate surface area is 134 Å². The van der Waals surface area contributed by atoms with E-state index in [9.17, 15) is 12.8 Å². The molecule has 1 saturated heterocycles. The Morgan fingerprint density at radius 2 is 1.95 bits per heavy atom. The molecule has 21 heavy (non-hydrogen) atoms. The summed E-state index contributed by atoms with van der Waals surface area (Å²) in [5.41, 5.74) is 0. The SMILES string of the molecule is CN(C)CC1CCN(S(=O)(=O)c2ccc(Br)cc2F)CC1. The fourth-order valence-electron chi connectivity index (χ4n) is 2.67. The Kier molecular flexibility index (Phi) is 5.40. The molecule has 4 nitrogen and oxygen atoms in total. The lowest BCUT2D eigenvalue weighted by atomic mass is 9.98. The van der Waals surface area contributed by atoms with Crippen molar-refractivity contribution in [3.8, 4) is 0 Å². The van der Waals surface area contributed by atoms with Crippen LogP contribution in [0.4, 0.5) is 4.39 Å². The molecule has 0 N–H and O–H groups in total. The van der Waals surface area contributed by atoms with Crippen LogP contribution in [0.5, 0.6) is 0 Å². The summed E-state index contributed by atoms with van der Waals surface area (Å²) < 4.78 is 40.8. The van der Waals surface area contributed by atoms with Crippen molar-refractivity contribution in [3.05, 3.63) is 28.5 Å². The number of nitrogens with zero attached hydrogens (tertiary/aromatic N) is 2. The molecule has 1 heterocycles. The fraction of sp³-hybridized carbons (Fsp3) is 0.571. The molecule has 0 unspecified atom stereocenters. The summed E-state index contributed by atoms with van der Waals surface area (Å²) in [6.45, 7) is 1.87. The summed E-state index contributed by atoms with van der Waals surface area (Å²) in [5, 5.41) is 0. The topological polar surface area (TPSA) is 40.6 Å². The number of rotatable bonds is 4. The van der Waals surface area contributed by atoms with Crippen molar-refractivity contribution in [1.29, 1.82) is 0 Å². The first kappa shape index (κ1) is 16.9. The first-order valence-electron chi connectivity index (χ1n) is 6.90. The van der Waals surface area contributed by atoms with Crippen LogP contribution in [0.15, 0.2) is 27.6 Å². The van der Waals surface area contributed by atoms with Crippen molar-refractivity contribution < 1.29 is 12.8 Å². The van der Waals surface area contributed by atoms with E-state index < -0.39 is 15.8 Å². The first-order chi connectivity index (χ1) is 9.80. The maximum Gasteiger partial charge on any atom is 0.245 e. The molecule has 118 valence electrons. The molecule has 2 rings (SSSR count). The van der Waals surface area contributed by atoms with Gasteiger partial charge in [-0.1, -0.05) is 15.9 Å². The normalized spacial score (nSPS) is 18.3. The van der Waals surface area contributed by atoms with Gasteiger partial charge in [0.25, 0.3) is 0 Å². The molecule has 0 atom stereocenters. The van der Waals surface area contributed by atoms with E-state index in [2.05, 4.69) is 20.8 Å². The second-order valence-corrected chi connectivity index (χ2v) is 8.51. The summed E-state index contributed by atoms with van der Waals surface area (Å²) >= 11 is 3.14. The highest BCUT2D eigenvalue weighted by atomic mass is 79.9. The molecular formula is C14H20BrFN2O2S. The third kappa shape index (κ3) is 4.03. The van der Waals surface area contributed by atoms with Gasteiger partial charge in [0.15, 0.2) is 0 Å². The van der Waals surface area contributed by atoms with Crippen molar-refractivity contribution >= 4 is 26.0 Å². The van der Waals surface area contributed by atoms with E-state index in [1.54, 1.807) is 6.07 Å². The molecule has 0 amide bonds. The van der Waals surface area contributed by atoms with Gasteiger partial charge >= 0.3 is 0 Å². The predicted octanol–water partition coefficient (Wildman–Crippen LogP) is 2.55. The third-order valence-electron chi connectivity index (χ3n) is 3.71. The average Bonchev–Trinajstić information content (AvgIpc) is 2.38. The van der Waals surface area contributed by atoms with Gasteiger partial charge in [-0.15, -0.1) is 0 Å². The quantitative estimate of drug-likeness (QED) is 0.808. The summed E-state index contributed by atoms with van der Waals surface area (Å²) in [4.78, 5) is 1.88. The van der Waals surface area contributed by atoms with Gasteiger partial charge < -0.3 is 4.90 Å². The van der Waals surface area contributed by atoms with Crippen LogP contribution in [-0.4, -0.2) is 51.4 Å². The predicted molar refractivity (Wildman–Crippen MR) is 84.1 cm³/mol. The molecule has 7 heteroatoms. The number of halogens is 2. The minimum atomic E-state index is -3.74. The molecular weight excluding hydrogens is 359 g/mol. The molecule has 0 aromatic heterocycles. The van der Waals surface area contributed by atoms with E-state index in [-0.39, 0.29) is 4.90 Å². The fourth-order valence-corrected chi connectivity index (χ4v) is 4.52. The van der Waals surface area contributed by atoms with Crippen molar-refractivity contribution in [1.82, 2.24) is 9.21 Å². The summed E-state index contributed by atoms with van der Waals surface area (Å²) in [6, 6.07) is 4.06. The largest absolute Gasteiger partial charge is 0.309 e. The lowest BCUT2D eigenvalue weighted by Gasteiger charge is -2.32. The zero-order valence-electron chi connectivity index (χ0n) is 12.2. The van der Waals surface area contributed by atoms with Gasteiger partial charge in [-0.3, -0.25) is 0 Å². The van der Waals surface area contributed by atoms with E-state index in [0.717, 1.165) is 19.4 Å². The second kappa shape index (κ2) is 6.73. The van der Waals surface area contributed by atoms with Crippen molar-refractivity contribution in [2.24, 2.45) is 5.92 Å². The van der Waals surface area contributed by atoms with Crippen LogP contribution in [0.3, 0.4) is 0 Å². The first-order valence-corrected chi connectivity index (χ1v) is 9.14. The molecule has 0 aliphatic carbocycles. The molecule has 1 aliphatic heterocycles. The van der Waals surface area contributed by atoms with Gasteiger partial charge in [-0.2, -0.15) is 4.31 Å². The van der Waals surface area contributed by atoms with E-state index in [4.69, 9.17) is 0 Å². The molecule has 0 saturated carbocycles. The minimum Gasteiger partial charge on any atom is -0.309 e. The Bertz CT molecular complexity index is 599. The minimum absolute atomic E-state index is 0.239. The zero-order chi connectivity index (χ0) is 15.6. The maximum absolute atomic E-state index is 13.9. The van der Waals surface area contributed by atoms with Crippen LogP contribution in [0, 0.1) is 11.7 Å². The molecule has 0 radical (unpaired) electrons. The molecule has 1 aliphatic rings. The summed E-state index contributed by atoms with van der Waals surface area (Å²) in [7, 11) is 0.291. The van der Waals surface area contributed by atoms with Crippen LogP contribution in [0.25, 0.3) is 0 Å². The maximum atomic E-state index is 13.9. The molecule has 0 bridgehead atoms. The van der Waals surface area contributed by atoms with Crippen molar-refractivity contribution in [2.45, 2.75) is 17.7 Å². The van der Waals surface area contributed by atoms with E-state index >= 15 is 0 Å². The lowest BCUT2D eigenvalue weighted by molar-refractivity contribution is 0.224. The van der Waals surface area contributed by atoms with Gasteiger partial charge in [0.2, 0.25) is 10.0 Å². The number of hydrogen-bond donors (Lipinski definition) is 0. The van der Waals surface area contributed by atoms with Crippen LogP contribution in [0.2, 0.25) is 0 Å². The molecule has 1 aromatic carbocycles. The highest BCUT2D eigenvalue weighted by Gasteiger charge is 2.31. The number of hydrogen-bond acceptors (Lipinski definition) is 3. The van der Waals surface area contributed by atoms with E-state index in [0.29, 0.717) is 23.5 Å². The lowest BCUT2D eigenvalue weighted by Crippen LogP contribution is -2.40. The molecule has 1 aromatic rings. The van der Waals surface area contributed by atoms with Gasteiger partial charge in [-0.25, -0.2) is 12.8 Å². The second-order valence-electron chi connectivity index (χ2n) is 5.68. The molecule has 1 fully saturated rings. The number of sulfonamides is 1. The van der Waals surface area contributed by atoms with Crippen LogP contribution in [-0.2, 0) is 10.0 Å². The van der Waals surface area contributed by atoms with Crippen molar-refractivity contribution in [3.63, 3.8) is 0 Å². The highest BCUT2D eigenvalue weighted by molar-refractivity contribution is 9.10. The highest BCUT2D eigenvalue weighted by Crippen LogP contribution is 2.27. The van der Waals surface area contributed by atoms with E-state index in [1.165, 1.54) is 16.4 Å². The monoisotopic (exact) mass is 378 g/mol.